The first-order valence-electron chi connectivity index (χ1n) is 10.7. The maximum atomic E-state index is 13.6. The largest absolute Gasteiger partial charge is 0.492 e. The summed E-state index contributed by atoms with van der Waals surface area (Å²) in [7, 11) is -3.84. The molecule has 10 heteroatoms. The predicted molar refractivity (Wildman–Crippen MR) is 140 cm³/mol. The Morgan fingerprint density at radius 3 is 2.35 bits per heavy atom. The Hall–Kier alpha value is -2.30. The molecule has 3 aromatic carbocycles. The van der Waals surface area contributed by atoms with Crippen molar-refractivity contribution < 1.29 is 17.9 Å². The Kier molecular flexibility index (Phi) is 10.0. The first-order valence-corrected chi connectivity index (χ1v) is 13.3. The fourth-order valence-electron chi connectivity index (χ4n) is 3.16. The molecule has 0 bridgehead atoms. The highest BCUT2D eigenvalue weighted by molar-refractivity contribution is 9.10. The average Bonchev–Trinajstić information content (AvgIpc) is 2.83. The number of ether oxygens (including phenoxy) is 2. The molecular formula is C24H27BrClN3O4S. The molecule has 34 heavy (non-hydrogen) atoms. The van der Waals surface area contributed by atoms with Crippen LogP contribution in [0.5, 0.6) is 5.75 Å². The van der Waals surface area contributed by atoms with Crippen molar-refractivity contribution in [3.05, 3.63) is 82.3 Å². The third-order valence-corrected chi connectivity index (χ3v) is 7.38. The summed E-state index contributed by atoms with van der Waals surface area (Å²) in [5, 5.41) is 3.92. The summed E-state index contributed by atoms with van der Waals surface area (Å²) in [6.45, 7) is 1.92. The van der Waals surface area contributed by atoms with Crippen molar-refractivity contribution in [2.24, 2.45) is 5.73 Å². The zero-order valence-corrected chi connectivity index (χ0v) is 21.7. The van der Waals surface area contributed by atoms with E-state index in [0.717, 1.165) is 4.47 Å². The minimum Gasteiger partial charge on any atom is -0.492 e. The lowest BCUT2D eigenvalue weighted by atomic mass is 10.2. The quantitative estimate of drug-likeness (QED) is 0.289. The average molecular weight is 569 g/mol. The molecule has 3 rings (SSSR count). The van der Waals surface area contributed by atoms with Gasteiger partial charge in [-0.05, 0) is 60.7 Å². The molecule has 0 spiro atoms. The molecule has 0 heterocycles. The molecule has 0 atom stereocenters. The second kappa shape index (κ2) is 13.0. The van der Waals surface area contributed by atoms with Crippen LogP contribution in [0.3, 0.4) is 0 Å². The highest BCUT2D eigenvalue weighted by Gasteiger charge is 2.26. The van der Waals surface area contributed by atoms with Gasteiger partial charge in [-0.2, -0.15) is 0 Å². The van der Waals surface area contributed by atoms with E-state index < -0.39 is 10.0 Å². The van der Waals surface area contributed by atoms with Gasteiger partial charge in [0.05, 0.1) is 36.0 Å². The van der Waals surface area contributed by atoms with Crippen LogP contribution >= 0.6 is 27.5 Å². The number of halogens is 2. The summed E-state index contributed by atoms with van der Waals surface area (Å²) >= 11 is 9.26. The van der Waals surface area contributed by atoms with Gasteiger partial charge in [-0.25, -0.2) is 8.42 Å². The van der Waals surface area contributed by atoms with Gasteiger partial charge in [-0.3, -0.25) is 4.31 Å². The van der Waals surface area contributed by atoms with E-state index in [1.807, 2.05) is 12.1 Å². The lowest BCUT2D eigenvalue weighted by Gasteiger charge is -2.27. The van der Waals surface area contributed by atoms with Crippen LogP contribution in [0.15, 0.2) is 82.2 Å². The Balaban J connectivity index is 1.78. The molecule has 0 aliphatic rings. The van der Waals surface area contributed by atoms with Crippen molar-refractivity contribution >= 4 is 48.9 Å². The van der Waals surface area contributed by atoms with Crippen LogP contribution in [0, 0.1) is 0 Å². The number of nitrogens with zero attached hydrogens (tertiary/aromatic N) is 1. The highest BCUT2D eigenvalue weighted by atomic mass is 79.9. The number of nitrogens with two attached hydrogens (primary N) is 1. The maximum Gasteiger partial charge on any atom is 0.264 e. The second-order valence-corrected chi connectivity index (χ2v) is 10.4. The number of rotatable bonds is 13. The molecule has 0 fully saturated rings. The molecule has 7 nitrogen and oxygen atoms in total. The molecular weight excluding hydrogens is 542 g/mol. The molecule has 0 amide bonds. The first-order chi connectivity index (χ1) is 16.4. The molecule has 0 aliphatic carbocycles. The third-order valence-electron chi connectivity index (χ3n) is 4.78. The minimum absolute atomic E-state index is 0.137. The van der Waals surface area contributed by atoms with Crippen molar-refractivity contribution in [2.45, 2.75) is 4.90 Å². The Bertz CT molecular complexity index is 1150. The molecule has 0 saturated carbocycles. The van der Waals surface area contributed by atoms with Gasteiger partial charge in [-0.1, -0.05) is 39.7 Å². The van der Waals surface area contributed by atoms with Crippen LogP contribution in [0.2, 0.25) is 5.02 Å². The Morgan fingerprint density at radius 1 is 0.941 bits per heavy atom. The van der Waals surface area contributed by atoms with E-state index in [9.17, 15) is 8.42 Å². The van der Waals surface area contributed by atoms with Gasteiger partial charge in [0.2, 0.25) is 0 Å². The number of benzene rings is 3. The predicted octanol–water partition coefficient (Wildman–Crippen LogP) is 4.76. The van der Waals surface area contributed by atoms with E-state index in [-0.39, 0.29) is 18.0 Å². The summed E-state index contributed by atoms with van der Waals surface area (Å²) in [5.74, 6) is 0.705. The lowest BCUT2D eigenvalue weighted by molar-refractivity contribution is 0.150. The molecule has 3 N–H and O–H groups in total. The van der Waals surface area contributed by atoms with Crippen LogP contribution < -0.4 is 20.1 Å². The highest BCUT2D eigenvalue weighted by Crippen LogP contribution is 2.31. The first kappa shape index (κ1) is 26.3. The zero-order chi connectivity index (χ0) is 24.4. The van der Waals surface area contributed by atoms with E-state index in [1.54, 1.807) is 60.7 Å². The van der Waals surface area contributed by atoms with Crippen LogP contribution in [0.25, 0.3) is 0 Å². The molecule has 0 radical (unpaired) electrons. The maximum absolute atomic E-state index is 13.6. The molecule has 182 valence electrons. The van der Waals surface area contributed by atoms with Crippen molar-refractivity contribution in [2.75, 3.05) is 49.1 Å². The number of hydrogen-bond donors (Lipinski definition) is 2. The van der Waals surface area contributed by atoms with Crippen LogP contribution in [0.4, 0.5) is 11.4 Å². The summed E-state index contributed by atoms with van der Waals surface area (Å²) in [6.07, 6.45) is 0. The van der Waals surface area contributed by atoms with E-state index >= 15 is 0 Å². The van der Waals surface area contributed by atoms with Crippen LogP contribution in [0.1, 0.15) is 0 Å². The molecule has 0 saturated heterocycles. The zero-order valence-electron chi connectivity index (χ0n) is 18.5. The molecule has 3 aromatic rings. The van der Waals surface area contributed by atoms with Crippen LogP contribution in [-0.2, 0) is 14.8 Å². The monoisotopic (exact) mass is 567 g/mol. The van der Waals surface area contributed by atoms with Gasteiger partial charge < -0.3 is 20.5 Å². The molecule has 0 aromatic heterocycles. The number of anilines is 2. The van der Waals surface area contributed by atoms with Gasteiger partial charge in [0.15, 0.2) is 0 Å². The summed E-state index contributed by atoms with van der Waals surface area (Å²) in [4.78, 5) is 0.190. The Labute approximate surface area is 214 Å². The summed E-state index contributed by atoms with van der Waals surface area (Å²) in [5.41, 5.74) is 6.69. The smallest absolute Gasteiger partial charge is 0.264 e. The van der Waals surface area contributed by atoms with Crippen molar-refractivity contribution in [3.63, 3.8) is 0 Å². The molecule has 0 unspecified atom stereocenters. The van der Waals surface area contributed by atoms with E-state index in [2.05, 4.69) is 21.2 Å². The lowest BCUT2D eigenvalue weighted by Crippen LogP contribution is -2.35. The number of nitrogens with one attached hydrogen (secondary N) is 1. The van der Waals surface area contributed by atoms with Gasteiger partial charge in [0, 0.05) is 22.6 Å². The van der Waals surface area contributed by atoms with Gasteiger partial charge in [0.25, 0.3) is 10.0 Å². The third kappa shape index (κ3) is 7.35. The number of para-hydroxylation sites is 2. The van der Waals surface area contributed by atoms with Crippen molar-refractivity contribution in [3.8, 4) is 5.75 Å². The number of hydrogen-bond acceptors (Lipinski definition) is 6. The summed E-state index contributed by atoms with van der Waals surface area (Å²) < 4.78 is 40.5. The van der Waals surface area contributed by atoms with E-state index in [4.69, 9.17) is 26.8 Å². The fraction of sp³-hybridized carbons (Fsp3) is 0.250. The van der Waals surface area contributed by atoms with E-state index in [0.29, 0.717) is 48.5 Å². The fourth-order valence-corrected chi connectivity index (χ4v) is 5.02. The number of sulfonamides is 1. The van der Waals surface area contributed by atoms with Gasteiger partial charge in [0.1, 0.15) is 12.4 Å². The normalized spacial score (nSPS) is 11.3. The SMILES string of the molecule is NCCOCCN(c1ccccc1NCCOc1ccc(Cl)cc1)S(=O)(=O)c1ccc(Br)cc1. The Morgan fingerprint density at radius 2 is 1.65 bits per heavy atom. The van der Waals surface area contributed by atoms with Gasteiger partial charge >= 0.3 is 0 Å². The standard InChI is InChI=1S/C24H27BrClN3O4S/c25-19-5-11-22(12-6-19)34(30,31)29(15-18-32-16-13-27)24-4-2-1-3-23(24)28-14-17-33-21-9-7-20(26)8-10-21/h1-12,28H,13-18,27H2. The van der Waals surface area contributed by atoms with Crippen molar-refractivity contribution in [1.82, 2.24) is 0 Å². The van der Waals surface area contributed by atoms with Crippen molar-refractivity contribution in [1.29, 1.82) is 0 Å². The topological polar surface area (TPSA) is 93.9 Å². The van der Waals surface area contributed by atoms with Crippen LogP contribution in [-0.4, -0.2) is 47.9 Å². The molecule has 0 aliphatic heterocycles. The summed E-state index contributed by atoms with van der Waals surface area (Å²) in [6, 6.07) is 20.9. The second-order valence-electron chi connectivity index (χ2n) is 7.18. The minimum atomic E-state index is -3.84. The van der Waals surface area contributed by atoms with Gasteiger partial charge in [-0.15, -0.1) is 0 Å². The van der Waals surface area contributed by atoms with E-state index in [1.165, 1.54) is 4.31 Å².